The van der Waals surface area contributed by atoms with Crippen LogP contribution in [-0.2, 0) is 15.0 Å². The molecular formula is C31H23N3O3S. The summed E-state index contributed by atoms with van der Waals surface area (Å²) in [6, 6.07) is 27.0. The molecule has 7 heteroatoms. The van der Waals surface area contributed by atoms with Gasteiger partial charge in [-0.1, -0.05) is 72.3 Å². The van der Waals surface area contributed by atoms with Crippen LogP contribution in [0.15, 0.2) is 95.4 Å². The molecule has 3 amide bonds. The largest absolute Gasteiger partial charge is 0.281 e. The normalized spacial score (nSPS) is 24.9. The zero-order valence-corrected chi connectivity index (χ0v) is 21.3. The number of rotatable bonds is 4. The number of carbonyl (C=O) groups is 3. The van der Waals surface area contributed by atoms with Crippen LogP contribution in [0.4, 0.5) is 5.69 Å². The highest BCUT2D eigenvalue weighted by Crippen LogP contribution is 2.63. The third kappa shape index (κ3) is 2.99. The van der Waals surface area contributed by atoms with Crippen LogP contribution in [0.25, 0.3) is 0 Å². The maximum atomic E-state index is 14.3. The van der Waals surface area contributed by atoms with E-state index in [0.29, 0.717) is 10.6 Å². The summed E-state index contributed by atoms with van der Waals surface area (Å²) < 4.78 is 0. The van der Waals surface area contributed by atoms with Crippen LogP contribution in [0.1, 0.15) is 43.4 Å². The van der Waals surface area contributed by atoms with E-state index in [-0.39, 0.29) is 23.6 Å². The van der Waals surface area contributed by atoms with E-state index in [2.05, 4.69) is 10.5 Å². The van der Waals surface area contributed by atoms with Crippen molar-refractivity contribution in [1.82, 2.24) is 5.43 Å². The predicted molar refractivity (Wildman–Crippen MR) is 146 cm³/mol. The zero-order chi connectivity index (χ0) is 26.0. The Bertz CT molecular complexity index is 1590. The fourth-order valence-electron chi connectivity index (χ4n) is 6.65. The lowest BCUT2D eigenvalue weighted by Gasteiger charge is -2.52. The molecule has 1 N–H and O–H groups in total. The molecule has 1 fully saturated rings. The second-order valence-electron chi connectivity index (χ2n) is 10.0. The number of anilines is 1. The van der Waals surface area contributed by atoms with Crippen molar-refractivity contribution in [3.05, 3.63) is 123 Å². The summed E-state index contributed by atoms with van der Waals surface area (Å²) in [4.78, 5) is 43.0. The molecule has 1 aliphatic heterocycles. The first-order valence-electron chi connectivity index (χ1n) is 12.5. The zero-order valence-electron chi connectivity index (χ0n) is 20.5. The average Bonchev–Trinajstić information content (AvgIpc) is 3.57. The van der Waals surface area contributed by atoms with Crippen LogP contribution in [0.3, 0.4) is 0 Å². The van der Waals surface area contributed by atoms with E-state index in [1.807, 2.05) is 91.2 Å². The molecule has 2 atom stereocenters. The van der Waals surface area contributed by atoms with Crippen molar-refractivity contribution in [2.75, 3.05) is 4.90 Å². The molecule has 0 unspecified atom stereocenters. The van der Waals surface area contributed by atoms with Gasteiger partial charge < -0.3 is 0 Å². The molecule has 2 bridgehead atoms. The molecule has 6 nitrogen and oxygen atoms in total. The quantitative estimate of drug-likeness (QED) is 0.235. The Morgan fingerprint density at radius 1 is 0.895 bits per heavy atom. The lowest BCUT2D eigenvalue weighted by Crippen LogP contribution is -2.54. The molecule has 0 radical (unpaired) electrons. The predicted octanol–water partition coefficient (Wildman–Crippen LogP) is 5.02. The minimum Gasteiger partial charge on any atom is -0.274 e. The summed E-state index contributed by atoms with van der Waals surface area (Å²) >= 11 is 1.33. The van der Waals surface area contributed by atoms with Gasteiger partial charge in [-0.15, -0.1) is 11.3 Å². The van der Waals surface area contributed by atoms with Gasteiger partial charge in [0.15, 0.2) is 0 Å². The number of hydrazone groups is 1. The van der Waals surface area contributed by atoms with Crippen LogP contribution in [0, 0.1) is 18.8 Å². The maximum absolute atomic E-state index is 14.3. The van der Waals surface area contributed by atoms with E-state index >= 15 is 0 Å². The summed E-state index contributed by atoms with van der Waals surface area (Å²) in [7, 11) is 0. The number of aryl methyl sites for hydroxylation is 1. The molecule has 1 aromatic heterocycles. The summed E-state index contributed by atoms with van der Waals surface area (Å²) in [5.41, 5.74) is 7.22. The van der Waals surface area contributed by atoms with Gasteiger partial charge in [0.05, 0.1) is 27.8 Å². The lowest BCUT2D eigenvalue weighted by atomic mass is 9.47. The molecule has 8 rings (SSSR count). The maximum Gasteiger partial charge on any atom is 0.281 e. The second kappa shape index (κ2) is 8.33. The van der Waals surface area contributed by atoms with E-state index in [1.165, 1.54) is 16.2 Å². The fraction of sp³-hybridized carbons (Fsp3) is 0.161. The summed E-state index contributed by atoms with van der Waals surface area (Å²) in [5, 5.41) is 6.28. The van der Waals surface area contributed by atoms with Gasteiger partial charge in [-0.2, -0.15) is 5.10 Å². The minimum atomic E-state index is -1.01. The summed E-state index contributed by atoms with van der Waals surface area (Å²) in [6.07, 6.45) is 1.69. The topological polar surface area (TPSA) is 78.8 Å². The van der Waals surface area contributed by atoms with Crippen LogP contribution >= 0.6 is 11.3 Å². The van der Waals surface area contributed by atoms with Gasteiger partial charge in [0, 0.05) is 12.1 Å². The fourth-order valence-corrected chi connectivity index (χ4v) is 7.27. The standard InChI is InChI=1S/C31H23N3O3S/c1-18-12-14-19(15-13-18)34-29(36)26-25-20-7-2-4-9-22(20)31(27(26)30(34)37,23-10-5-3-8-21(23)25)17-32-33-28(35)24-11-6-16-38-24/h2-17,25-27H,1H3,(H,33,35)/b32-17-/t25?,26-,27+,31?/m0/s1. The van der Waals surface area contributed by atoms with Crippen molar-refractivity contribution in [2.45, 2.75) is 18.3 Å². The van der Waals surface area contributed by atoms with Gasteiger partial charge in [0.2, 0.25) is 11.8 Å². The minimum absolute atomic E-state index is 0.196. The van der Waals surface area contributed by atoms with Crippen LogP contribution < -0.4 is 10.3 Å². The van der Waals surface area contributed by atoms with E-state index in [4.69, 9.17) is 0 Å². The summed E-state index contributed by atoms with van der Waals surface area (Å²) in [5.74, 6) is -2.26. The highest BCUT2D eigenvalue weighted by molar-refractivity contribution is 7.12. The van der Waals surface area contributed by atoms with E-state index in [0.717, 1.165) is 27.8 Å². The molecular weight excluding hydrogens is 494 g/mol. The third-order valence-corrected chi connectivity index (χ3v) is 9.02. The molecule has 1 saturated heterocycles. The van der Waals surface area contributed by atoms with E-state index < -0.39 is 17.3 Å². The first kappa shape index (κ1) is 22.8. The van der Waals surface area contributed by atoms with Crippen LogP contribution in [0.2, 0.25) is 0 Å². The van der Waals surface area contributed by atoms with Crippen molar-refractivity contribution in [3.63, 3.8) is 0 Å². The van der Waals surface area contributed by atoms with Gasteiger partial charge in [-0.05, 0) is 52.8 Å². The third-order valence-electron chi connectivity index (χ3n) is 8.16. The number of benzene rings is 3. The number of carbonyl (C=O) groups excluding carboxylic acids is 3. The molecule has 4 aromatic rings. The molecule has 0 saturated carbocycles. The van der Waals surface area contributed by atoms with E-state index in [9.17, 15) is 14.4 Å². The number of amides is 3. The van der Waals surface area contributed by atoms with Gasteiger partial charge in [-0.25, -0.2) is 10.3 Å². The van der Waals surface area contributed by atoms with Crippen molar-refractivity contribution >= 4 is 41.0 Å². The number of nitrogens with one attached hydrogen (secondary N) is 1. The Balaban J connectivity index is 1.43. The molecule has 186 valence electrons. The number of imide groups is 1. The molecule has 3 aliphatic carbocycles. The first-order valence-corrected chi connectivity index (χ1v) is 13.4. The molecule has 3 aromatic carbocycles. The summed E-state index contributed by atoms with van der Waals surface area (Å²) in [6.45, 7) is 1.97. The molecule has 0 spiro atoms. The lowest BCUT2D eigenvalue weighted by molar-refractivity contribution is -0.122. The van der Waals surface area contributed by atoms with Crippen molar-refractivity contribution in [1.29, 1.82) is 0 Å². The Labute approximate surface area is 223 Å². The molecule has 38 heavy (non-hydrogen) atoms. The van der Waals surface area contributed by atoms with Gasteiger partial charge in [0.25, 0.3) is 5.91 Å². The highest BCUT2D eigenvalue weighted by Gasteiger charge is 2.68. The van der Waals surface area contributed by atoms with E-state index in [1.54, 1.807) is 12.3 Å². The van der Waals surface area contributed by atoms with Crippen molar-refractivity contribution in [2.24, 2.45) is 16.9 Å². The SMILES string of the molecule is Cc1ccc(N2C(=O)[C@H]3C4c5ccccc5C(/C=N\NC(=O)c5cccs5)(c5ccccc54)[C@H]3C2=O)cc1. The Morgan fingerprint density at radius 2 is 1.55 bits per heavy atom. The number of nitrogens with zero attached hydrogens (tertiary/aromatic N) is 2. The average molecular weight is 518 g/mol. The monoisotopic (exact) mass is 517 g/mol. The first-order chi connectivity index (χ1) is 18.5. The van der Waals surface area contributed by atoms with Crippen LogP contribution in [-0.4, -0.2) is 23.9 Å². The number of hydrogen-bond acceptors (Lipinski definition) is 5. The molecule has 2 heterocycles. The Morgan fingerprint density at radius 3 is 2.18 bits per heavy atom. The smallest absolute Gasteiger partial charge is 0.274 e. The number of thiophene rings is 1. The highest BCUT2D eigenvalue weighted by atomic mass is 32.1. The van der Waals surface area contributed by atoms with Crippen LogP contribution in [0.5, 0.6) is 0 Å². The second-order valence-corrected chi connectivity index (χ2v) is 11.0. The van der Waals surface area contributed by atoms with Gasteiger partial charge in [0.1, 0.15) is 0 Å². The Hall–Kier alpha value is -4.36. The van der Waals surface area contributed by atoms with Crippen molar-refractivity contribution in [3.8, 4) is 0 Å². The molecule has 4 aliphatic rings. The Kier molecular flexibility index (Phi) is 5.00. The van der Waals surface area contributed by atoms with Gasteiger partial charge >= 0.3 is 0 Å². The van der Waals surface area contributed by atoms with Gasteiger partial charge in [-0.3, -0.25) is 14.4 Å². The number of hydrogen-bond donors (Lipinski definition) is 1. The van der Waals surface area contributed by atoms with Crippen molar-refractivity contribution < 1.29 is 14.4 Å².